The highest BCUT2D eigenvalue weighted by atomic mass is 32.1. The summed E-state index contributed by atoms with van der Waals surface area (Å²) in [7, 11) is 0. The lowest BCUT2D eigenvalue weighted by Gasteiger charge is -2.38. The topological polar surface area (TPSA) is 35.6 Å². The van der Waals surface area contributed by atoms with Gasteiger partial charge in [0.05, 0.1) is 0 Å². The van der Waals surface area contributed by atoms with Gasteiger partial charge >= 0.3 is 0 Å². The minimum atomic E-state index is -0.109. The van der Waals surface area contributed by atoms with E-state index in [0.717, 1.165) is 17.8 Å². The van der Waals surface area contributed by atoms with Crippen molar-refractivity contribution < 1.29 is 4.79 Å². The fraction of sp³-hybridized carbons (Fsp3) is 0.333. The van der Waals surface area contributed by atoms with Gasteiger partial charge in [-0.25, -0.2) is 0 Å². The van der Waals surface area contributed by atoms with Gasteiger partial charge in [0.15, 0.2) is 0 Å². The van der Waals surface area contributed by atoms with Gasteiger partial charge in [0.2, 0.25) is 5.91 Å². The van der Waals surface area contributed by atoms with Crippen molar-refractivity contribution >= 4 is 28.8 Å². The summed E-state index contributed by atoms with van der Waals surface area (Å²) in [6.07, 6.45) is 0. The Labute approximate surface area is 106 Å². The molecule has 1 heterocycles. The molecule has 0 saturated carbocycles. The number of nitrogens with one attached hydrogen (secondary N) is 1. The quantitative estimate of drug-likeness (QED) is 0.806. The normalized spacial score (nSPS) is 14.6. The van der Waals surface area contributed by atoms with Crippen LogP contribution in [0.1, 0.15) is 19.4 Å². The summed E-state index contributed by atoms with van der Waals surface area (Å²) in [5.41, 5.74) is 4.86. The molecule has 1 aromatic rings. The zero-order chi connectivity index (χ0) is 12.4. The molecule has 1 aliphatic rings. The number of hydrazine groups is 1. The highest BCUT2D eigenvalue weighted by molar-refractivity contribution is 7.80. The molecule has 5 heteroatoms. The summed E-state index contributed by atoms with van der Waals surface area (Å²) >= 11 is 5.39. The van der Waals surface area contributed by atoms with E-state index in [1.165, 1.54) is 6.92 Å². The van der Waals surface area contributed by atoms with Crippen LogP contribution in [-0.2, 0) is 4.79 Å². The summed E-state index contributed by atoms with van der Waals surface area (Å²) in [6, 6.07) is 7.99. The fourth-order valence-corrected chi connectivity index (χ4v) is 2.21. The first-order valence-electron chi connectivity index (χ1n) is 5.56. The number of amides is 1. The molecule has 0 saturated heterocycles. The van der Waals surface area contributed by atoms with Crippen LogP contribution in [0.5, 0.6) is 0 Å². The minimum absolute atomic E-state index is 0.109. The van der Waals surface area contributed by atoms with E-state index in [9.17, 15) is 4.79 Å². The van der Waals surface area contributed by atoms with Gasteiger partial charge in [-0.15, -0.1) is 0 Å². The predicted octanol–water partition coefficient (Wildman–Crippen LogP) is 1.51. The Kier molecular flexibility index (Phi) is 3.28. The van der Waals surface area contributed by atoms with Crippen LogP contribution in [-0.4, -0.2) is 29.1 Å². The number of hydrogen-bond donors (Lipinski definition) is 1. The van der Waals surface area contributed by atoms with Crippen LogP contribution in [0.4, 0.5) is 5.69 Å². The first-order valence-corrected chi connectivity index (χ1v) is 5.97. The van der Waals surface area contributed by atoms with E-state index in [2.05, 4.69) is 23.3 Å². The Balaban J connectivity index is 2.36. The highest BCUT2D eigenvalue weighted by Gasteiger charge is 2.25. The SMILES string of the molecule is CCN1CN(NC(C)=O)C(=S)c2ccccc21. The Morgan fingerprint density at radius 2 is 2.18 bits per heavy atom. The van der Waals surface area contributed by atoms with Crippen molar-refractivity contribution in [3.63, 3.8) is 0 Å². The Bertz CT molecular complexity index is 461. The van der Waals surface area contributed by atoms with Crippen LogP contribution in [0.15, 0.2) is 24.3 Å². The Morgan fingerprint density at radius 3 is 2.82 bits per heavy atom. The number of nitrogens with zero attached hydrogens (tertiary/aromatic N) is 2. The van der Waals surface area contributed by atoms with E-state index >= 15 is 0 Å². The molecule has 1 aromatic carbocycles. The van der Waals surface area contributed by atoms with Crippen LogP contribution in [0, 0.1) is 0 Å². The summed E-state index contributed by atoms with van der Waals surface area (Å²) in [5.74, 6) is -0.109. The van der Waals surface area contributed by atoms with Crippen molar-refractivity contribution in [1.82, 2.24) is 10.4 Å². The molecule has 90 valence electrons. The molecule has 0 unspecified atom stereocenters. The number of carbonyl (C=O) groups is 1. The molecule has 0 bridgehead atoms. The third-order valence-corrected chi connectivity index (χ3v) is 3.15. The van der Waals surface area contributed by atoms with Crippen molar-refractivity contribution in [2.24, 2.45) is 0 Å². The molecule has 4 nitrogen and oxygen atoms in total. The van der Waals surface area contributed by atoms with E-state index in [1.54, 1.807) is 5.01 Å². The van der Waals surface area contributed by atoms with E-state index in [4.69, 9.17) is 12.2 Å². The number of rotatable bonds is 2. The lowest BCUT2D eigenvalue weighted by atomic mass is 10.1. The lowest BCUT2D eigenvalue weighted by Crippen LogP contribution is -2.53. The van der Waals surface area contributed by atoms with Crippen molar-refractivity contribution in [2.45, 2.75) is 13.8 Å². The summed E-state index contributed by atoms with van der Waals surface area (Å²) in [5, 5.41) is 1.71. The summed E-state index contributed by atoms with van der Waals surface area (Å²) < 4.78 is 0. The van der Waals surface area contributed by atoms with Crippen LogP contribution < -0.4 is 10.3 Å². The first-order chi connectivity index (χ1) is 8.13. The second-order valence-electron chi connectivity index (χ2n) is 3.92. The molecule has 0 atom stereocenters. The van der Waals surface area contributed by atoms with Gasteiger partial charge < -0.3 is 4.90 Å². The fourth-order valence-electron chi connectivity index (χ4n) is 1.93. The van der Waals surface area contributed by atoms with E-state index in [-0.39, 0.29) is 5.91 Å². The largest absolute Gasteiger partial charge is 0.352 e. The number of carbonyl (C=O) groups excluding carboxylic acids is 1. The minimum Gasteiger partial charge on any atom is -0.352 e. The Morgan fingerprint density at radius 1 is 1.47 bits per heavy atom. The summed E-state index contributed by atoms with van der Waals surface area (Å²) in [4.78, 5) is 14.0. The highest BCUT2D eigenvalue weighted by Crippen LogP contribution is 2.26. The van der Waals surface area contributed by atoms with Crippen molar-refractivity contribution in [3.05, 3.63) is 29.8 Å². The predicted molar refractivity (Wildman–Crippen MR) is 71.7 cm³/mol. The van der Waals surface area contributed by atoms with Crippen molar-refractivity contribution in [1.29, 1.82) is 0 Å². The molecule has 1 aliphatic heterocycles. The monoisotopic (exact) mass is 249 g/mol. The molecule has 17 heavy (non-hydrogen) atoms. The van der Waals surface area contributed by atoms with E-state index in [1.807, 2.05) is 18.2 Å². The lowest BCUT2D eigenvalue weighted by molar-refractivity contribution is -0.122. The van der Waals surface area contributed by atoms with E-state index in [0.29, 0.717) is 11.7 Å². The molecule has 0 aromatic heterocycles. The molecule has 1 amide bonds. The average Bonchev–Trinajstić information content (AvgIpc) is 2.32. The number of benzene rings is 1. The molecular weight excluding hydrogens is 234 g/mol. The smallest absolute Gasteiger partial charge is 0.235 e. The standard InChI is InChI=1S/C12H15N3OS/c1-3-14-8-15(13-9(2)16)12(17)10-6-4-5-7-11(10)14/h4-7H,3,8H2,1-2H3,(H,13,16). The zero-order valence-electron chi connectivity index (χ0n) is 9.93. The number of hydrogen-bond acceptors (Lipinski definition) is 3. The Hall–Kier alpha value is -1.62. The maximum Gasteiger partial charge on any atom is 0.235 e. The molecule has 1 N–H and O–H groups in total. The first kappa shape index (κ1) is 11.9. The van der Waals surface area contributed by atoms with Gasteiger partial charge in [-0.2, -0.15) is 0 Å². The van der Waals surface area contributed by atoms with Crippen LogP contribution in [0.3, 0.4) is 0 Å². The third-order valence-electron chi connectivity index (χ3n) is 2.71. The van der Waals surface area contributed by atoms with Gasteiger partial charge in [-0.3, -0.25) is 15.2 Å². The summed E-state index contributed by atoms with van der Waals surface area (Å²) in [6.45, 7) is 5.03. The number of para-hydroxylation sites is 1. The molecule has 0 radical (unpaired) electrons. The van der Waals surface area contributed by atoms with Crippen LogP contribution >= 0.6 is 12.2 Å². The van der Waals surface area contributed by atoms with Gasteiger partial charge in [0, 0.05) is 24.7 Å². The third kappa shape index (κ3) is 2.24. The molecule has 0 aliphatic carbocycles. The second-order valence-corrected chi connectivity index (χ2v) is 4.30. The van der Waals surface area contributed by atoms with Crippen LogP contribution in [0.25, 0.3) is 0 Å². The van der Waals surface area contributed by atoms with Gasteiger partial charge in [0.25, 0.3) is 0 Å². The van der Waals surface area contributed by atoms with Gasteiger partial charge in [0.1, 0.15) is 11.7 Å². The second kappa shape index (κ2) is 4.71. The average molecular weight is 249 g/mol. The van der Waals surface area contributed by atoms with Gasteiger partial charge in [-0.1, -0.05) is 24.4 Å². The van der Waals surface area contributed by atoms with Crippen molar-refractivity contribution in [3.8, 4) is 0 Å². The van der Waals surface area contributed by atoms with Crippen LogP contribution in [0.2, 0.25) is 0 Å². The number of fused-ring (bicyclic) bond motifs is 1. The molecular formula is C12H15N3OS. The molecule has 0 spiro atoms. The number of thiocarbonyl (C=S) groups is 1. The van der Waals surface area contributed by atoms with E-state index < -0.39 is 0 Å². The maximum absolute atomic E-state index is 11.1. The molecule has 0 fully saturated rings. The number of anilines is 1. The van der Waals surface area contributed by atoms with Gasteiger partial charge in [-0.05, 0) is 19.1 Å². The maximum atomic E-state index is 11.1. The molecule has 2 rings (SSSR count). The zero-order valence-corrected chi connectivity index (χ0v) is 10.8. The van der Waals surface area contributed by atoms with Crippen molar-refractivity contribution in [2.75, 3.05) is 18.1 Å².